The van der Waals surface area contributed by atoms with E-state index in [-0.39, 0.29) is 29.7 Å². The van der Waals surface area contributed by atoms with E-state index in [9.17, 15) is 34.8 Å². The number of rotatable bonds is 3. The fourth-order valence-electron chi connectivity index (χ4n) is 5.49. The molecule has 4 atom stereocenters. The number of aliphatic hydroxyl groups excluding tert-OH is 2. The summed E-state index contributed by atoms with van der Waals surface area (Å²) >= 11 is 0. The number of aliphatic hydroxyl groups is 3. The van der Waals surface area contributed by atoms with Crippen molar-refractivity contribution in [3.05, 3.63) is 45.9 Å². The lowest BCUT2D eigenvalue weighted by atomic mass is 9.55. The van der Waals surface area contributed by atoms with Crippen LogP contribution in [0.2, 0.25) is 0 Å². The second-order valence-corrected chi connectivity index (χ2v) is 8.65. The summed E-state index contributed by atoms with van der Waals surface area (Å²) in [5.74, 6) is -6.78. The minimum absolute atomic E-state index is 0.0233. The number of primary amides is 1. The molecule has 32 heavy (non-hydrogen) atoms. The highest BCUT2D eigenvalue weighted by atomic mass is 16.3. The lowest BCUT2D eigenvalue weighted by Gasteiger charge is -2.53. The number of phenolic OH excluding ortho intramolecular Hbond substituents is 1. The first-order valence-corrected chi connectivity index (χ1v) is 10.2. The van der Waals surface area contributed by atoms with Crippen LogP contribution in [-0.4, -0.2) is 63.1 Å². The van der Waals surface area contributed by atoms with Crippen molar-refractivity contribution in [1.82, 2.24) is 5.32 Å². The maximum atomic E-state index is 13.4. The lowest BCUT2D eigenvalue weighted by Crippen LogP contribution is -2.68. The zero-order valence-electron chi connectivity index (χ0n) is 17.8. The number of phenols is 1. The summed E-state index contributed by atoms with van der Waals surface area (Å²) in [5, 5.41) is 49.6. The lowest BCUT2D eigenvalue weighted by molar-refractivity contribution is -0.150. The number of aromatic hydroxyl groups is 1. The number of amides is 1. The Morgan fingerprint density at radius 1 is 1.16 bits per heavy atom. The van der Waals surface area contributed by atoms with Crippen molar-refractivity contribution in [2.24, 2.45) is 17.6 Å². The summed E-state index contributed by atoms with van der Waals surface area (Å²) in [6, 6.07) is 2.97. The van der Waals surface area contributed by atoms with Crippen LogP contribution >= 0.6 is 0 Å². The molecule has 0 aromatic heterocycles. The van der Waals surface area contributed by atoms with Crippen LogP contribution in [0.4, 0.5) is 5.69 Å². The van der Waals surface area contributed by atoms with Crippen LogP contribution in [0.25, 0.3) is 0 Å². The Morgan fingerprint density at radius 3 is 2.38 bits per heavy atom. The number of likely N-dealkylation sites (N-methyl/N-ethyl adjacent to an activating group) is 1. The first-order chi connectivity index (χ1) is 14.9. The van der Waals surface area contributed by atoms with Gasteiger partial charge in [-0.1, -0.05) is 0 Å². The van der Waals surface area contributed by atoms with Gasteiger partial charge in [0.15, 0.2) is 11.4 Å². The third-order valence-corrected chi connectivity index (χ3v) is 7.30. The molecule has 3 aliphatic rings. The van der Waals surface area contributed by atoms with Gasteiger partial charge in [-0.2, -0.15) is 0 Å². The molecule has 1 aromatic carbocycles. The second kappa shape index (κ2) is 6.81. The van der Waals surface area contributed by atoms with Crippen molar-refractivity contribution in [2.45, 2.75) is 30.9 Å². The van der Waals surface area contributed by atoms with E-state index in [4.69, 9.17) is 5.73 Å². The van der Waals surface area contributed by atoms with Gasteiger partial charge in [0.05, 0.1) is 11.1 Å². The Morgan fingerprint density at radius 2 is 1.81 bits per heavy atom. The third kappa shape index (κ3) is 2.44. The number of fused-ring (bicyclic) bond motifs is 3. The van der Waals surface area contributed by atoms with Gasteiger partial charge in [0.2, 0.25) is 5.78 Å². The molecule has 3 aliphatic carbocycles. The van der Waals surface area contributed by atoms with Gasteiger partial charge in [0, 0.05) is 24.2 Å². The first-order valence-electron chi connectivity index (χ1n) is 10.2. The maximum Gasteiger partial charge on any atom is 0.255 e. The van der Waals surface area contributed by atoms with Gasteiger partial charge in [0.25, 0.3) is 5.91 Å². The number of hydrogen-bond acceptors (Lipinski definition) is 9. The fraction of sp³-hybridized carbons (Fsp3) is 0.409. The van der Waals surface area contributed by atoms with Gasteiger partial charge in [-0.3, -0.25) is 14.4 Å². The molecule has 0 aliphatic heterocycles. The maximum absolute atomic E-state index is 13.4. The normalized spacial score (nSPS) is 31.8. The summed E-state index contributed by atoms with van der Waals surface area (Å²) in [7, 11) is 3.14. The van der Waals surface area contributed by atoms with Crippen LogP contribution in [0.15, 0.2) is 34.8 Å². The van der Waals surface area contributed by atoms with Crippen molar-refractivity contribution >= 4 is 23.2 Å². The summed E-state index contributed by atoms with van der Waals surface area (Å²) in [5.41, 5.74) is 1.26. The molecule has 0 saturated carbocycles. The predicted octanol–water partition coefficient (Wildman–Crippen LogP) is 0.210. The number of carbonyl (C=O) groups excluding carboxylic acids is 3. The van der Waals surface area contributed by atoms with E-state index in [1.165, 1.54) is 20.0 Å². The van der Waals surface area contributed by atoms with E-state index in [1.807, 2.05) is 0 Å². The number of ketones is 2. The topological polar surface area (TPSA) is 182 Å². The van der Waals surface area contributed by atoms with Gasteiger partial charge in [0.1, 0.15) is 22.8 Å². The van der Waals surface area contributed by atoms with E-state index in [1.54, 1.807) is 13.1 Å². The number of Topliss-reactive ketones (excluding diaryl/α,β-unsaturated/α-hetero) is 2. The molecular formula is C22H25N3O7. The second-order valence-electron chi connectivity index (χ2n) is 8.65. The molecular weight excluding hydrogens is 418 g/mol. The number of carbonyl (C=O) groups is 3. The van der Waals surface area contributed by atoms with Crippen molar-refractivity contribution in [1.29, 1.82) is 0 Å². The van der Waals surface area contributed by atoms with Gasteiger partial charge < -0.3 is 36.8 Å². The highest BCUT2D eigenvalue weighted by Gasteiger charge is 2.66. The standard InChI is InChI=1S/C22H25N3O7/c1-21(25-3)12-7-8-6-9-10(24-2)4-5-11(26)14(9)16(27)13(8)18(29)22(12,32)19(30)15(17(21)28)20(23)31/h4-5,8,12,24-26,28-29,32H,6-7H2,1-3H3,(H2,23,31)/t8-,12-,21?,22-/m0/s1. The molecule has 0 radical (unpaired) electrons. The molecule has 10 nitrogen and oxygen atoms in total. The van der Waals surface area contributed by atoms with Gasteiger partial charge in [-0.25, -0.2) is 0 Å². The predicted molar refractivity (Wildman–Crippen MR) is 113 cm³/mol. The molecule has 170 valence electrons. The number of benzene rings is 1. The molecule has 1 unspecified atom stereocenters. The van der Waals surface area contributed by atoms with Crippen LogP contribution in [0.3, 0.4) is 0 Å². The fourth-order valence-corrected chi connectivity index (χ4v) is 5.49. The zero-order valence-corrected chi connectivity index (χ0v) is 17.8. The van der Waals surface area contributed by atoms with Crippen molar-refractivity contribution in [3.63, 3.8) is 0 Å². The molecule has 0 fully saturated rings. The van der Waals surface area contributed by atoms with Gasteiger partial charge in [-0.15, -0.1) is 0 Å². The monoisotopic (exact) mass is 443 g/mol. The minimum Gasteiger partial charge on any atom is -0.509 e. The van der Waals surface area contributed by atoms with Crippen LogP contribution in [0.1, 0.15) is 29.3 Å². The average molecular weight is 443 g/mol. The summed E-state index contributed by atoms with van der Waals surface area (Å²) < 4.78 is 0. The van der Waals surface area contributed by atoms with E-state index < -0.39 is 57.5 Å². The Labute approximate surface area is 183 Å². The molecule has 1 aromatic rings. The van der Waals surface area contributed by atoms with E-state index in [0.717, 1.165) is 0 Å². The smallest absolute Gasteiger partial charge is 0.255 e. The molecule has 0 bridgehead atoms. The Kier molecular flexibility index (Phi) is 4.65. The summed E-state index contributed by atoms with van der Waals surface area (Å²) in [6.45, 7) is 1.48. The molecule has 0 spiro atoms. The number of hydrogen-bond donors (Lipinski definition) is 7. The number of nitrogens with two attached hydrogens (primary N) is 1. The third-order valence-electron chi connectivity index (χ3n) is 7.30. The highest BCUT2D eigenvalue weighted by Crippen LogP contribution is 2.54. The van der Waals surface area contributed by atoms with Crippen LogP contribution in [0.5, 0.6) is 5.75 Å². The largest absolute Gasteiger partial charge is 0.509 e. The quantitative estimate of drug-likeness (QED) is 0.254. The Hall–Kier alpha value is -3.37. The zero-order chi connectivity index (χ0) is 23.7. The van der Waals surface area contributed by atoms with Gasteiger partial charge >= 0.3 is 0 Å². The van der Waals surface area contributed by atoms with Crippen LogP contribution < -0.4 is 16.4 Å². The first kappa shape index (κ1) is 21.8. The van der Waals surface area contributed by atoms with E-state index in [2.05, 4.69) is 10.6 Å². The number of allylic oxidation sites excluding steroid dienone is 1. The van der Waals surface area contributed by atoms with E-state index >= 15 is 0 Å². The van der Waals surface area contributed by atoms with Crippen LogP contribution in [-0.2, 0) is 16.0 Å². The number of anilines is 1. The molecule has 1 amide bonds. The van der Waals surface area contributed by atoms with E-state index in [0.29, 0.717) is 11.3 Å². The summed E-state index contributed by atoms with van der Waals surface area (Å²) in [4.78, 5) is 38.5. The van der Waals surface area contributed by atoms with Crippen molar-refractivity contribution in [3.8, 4) is 5.75 Å². The molecule has 0 saturated heterocycles. The SMILES string of the molecule is CNc1ccc(O)c2c1C[C@H]1C[C@H]3C(C)(NC)C(O)=C(C(N)=O)C(=O)[C@@]3(O)C(O)=C1C2=O. The van der Waals surface area contributed by atoms with Crippen molar-refractivity contribution in [2.75, 3.05) is 19.4 Å². The highest BCUT2D eigenvalue weighted by molar-refractivity contribution is 6.25. The summed E-state index contributed by atoms with van der Waals surface area (Å²) in [6.07, 6.45) is 0.262. The van der Waals surface area contributed by atoms with Crippen molar-refractivity contribution < 1.29 is 34.8 Å². The molecule has 0 heterocycles. The molecule has 8 N–H and O–H groups in total. The molecule has 10 heteroatoms. The Balaban J connectivity index is 2.00. The van der Waals surface area contributed by atoms with Gasteiger partial charge in [-0.05, 0) is 50.4 Å². The minimum atomic E-state index is -2.66. The van der Waals surface area contributed by atoms with Crippen LogP contribution in [0, 0.1) is 11.8 Å². The average Bonchev–Trinajstić information content (AvgIpc) is 2.74. The molecule has 4 rings (SSSR count). The number of nitrogens with one attached hydrogen (secondary N) is 2. The Bertz CT molecular complexity index is 1150.